The maximum absolute atomic E-state index is 6.43. The molecule has 1 heterocycles. The summed E-state index contributed by atoms with van der Waals surface area (Å²) in [6, 6.07) is 73.8. The molecule has 0 saturated carbocycles. The van der Waals surface area contributed by atoms with Crippen LogP contribution in [0, 0.1) is 0 Å². The van der Waals surface area contributed by atoms with E-state index in [1.165, 1.54) is 82.2 Å². The van der Waals surface area contributed by atoms with E-state index in [0.29, 0.717) is 0 Å². The standard InChI is InChI=1S/C55H33NO/c1-2-15-34(16-3-1)56(35-29-30-39-38-19-8-12-26-47(38)55(48(39)33-35)45-24-10-6-17-36(45)37-18-7-11-25-46(37)55)49-27-14-23-41-43-31-32-51-54(44-22-9-13-28-50(44)57-51)53(43)42-21-5-4-20-40(42)52(41)49/h1-33H. The molecule has 0 saturated heterocycles. The van der Waals surface area contributed by atoms with Crippen LogP contribution in [-0.4, -0.2) is 0 Å². The van der Waals surface area contributed by atoms with E-state index in [0.717, 1.165) is 33.6 Å². The van der Waals surface area contributed by atoms with Gasteiger partial charge in [-0.25, -0.2) is 0 Å². The molecule has 10 aromatic carbocycles. The Morgan fingerprint density at radius 1 is 0.316 bits per heavy atom. The minimum absolute atomic E-state index is 0.433. The van der Waals surface area contributed by atoms with Gasteiger partial charge in [0, 0.05) is 32.9 Å². The quantitative estimate of drug-likeness (QED) is 0.169. The van der Waals surface area contributed by atoms with Crippen LogP contribution in [0.4, 0.5) is 17.1 Å². The smallest absolute Gasteiger partial charge is 0.136 e. The van der Waals surface area contributed by atoms with Crippen LogP contribution in [0.1, 0.15) is 22.3 Å². The number of fused-ring (bicyclic) bond motifs is 20. The summed E-state index contributed by atoms with van der Waals surface area (Å²) in [6.45, 7) is 0. The van der Waals surface area contributed by atoms with E-state index in [-0.39, 0.29) is 0 Å². The van der Waals surface area contributed by atoms with Gasteiger partial charge < -0.3 is 9.32 Å². The molecule has 1 spiro atoms. The fourth-order valence-corrected chi connectivity index (χ4v) is 10.7. The minimum Gasteiger partial charge on any atom is -0.456 e. The summed E-state index contributed by atoms with van der Waals surface area (Å²) in [6.07, 6.45) is 0. The highest BCUT2D eigenvalue weighted by atomic mass is 16.3. The Kier molecular flexibility index (Phi) is 6.13. The van der Waals surface area contributed by atoms with Crippen LogP contribution >= 0.6 is 0 Å². The normalized spacial score (nSPS) is 13.4. The molecule has 2 nitrogen and oxygen atoms in total. The first-order valence-corrected chi connectivity index (χ1v) is 19.8. The number of hydrogen-bond acceptors (Lipinski definition) is 2. The summed E-state index contributed by atoms with van der Waals surface area (Å²) in [5.74, 6) is 0. The van der Waals surface area contributed by atoms with Crippen LogP contribution in [0.25, 0.3) is 76.5 Å². The summed E-state index contributed by atoms with van der Waals surface area (Å²) in [5.41, 5.74) is 15.4. The van der Waals surface area contributed by atoms with Crippen molar-refractivity contribution in [1.82, 2.24) is 0 Å². The van der Waals surface area contributed by atoms with Crippen LogP contribution < -0.4 is 4.90 Å². The number of benzene rings is 10. The molecule has 2 heteroatoms. The van der Waals surface area contributed by atoms with Crippen LogP contribution in [0.3, 0.4) is 0 Å². The van der Waals surface area contributed by atoms with Gasteiger partial charge in [0.15, 0.2) is 0 Å². The zero-order valence-corrected chi connectivity index (χ0v) is 30.9. The lowest BCUT2D eigenvalue weighted by molar-refractivity contribution is 0.669. The third-order valence-electron chi connectivity index (χ3n) is 12.8. The number of hydrogen-bond donors (Lipinski definition) is 0. The van der Waals surface area contributed by atoms with E-state index in [1.54, 1.807) is 0 Å². The highest BCUT2D eigenvalue weighted by molar-refractivity contribution is 6.36. The number of anilines is 3. The average Bonchev–Trinajstić information content (AvgIpc) is 3.91. The molecule has 11 aromatic rings. The molecule has 264 valence electrons. The van der Waals surface area contributed by atoms with Crippen LogP contribution in [0.15, 0.2) is 205 Å². The molecule has 1 aromatic heterocycles. The lowest BCUT2D eigenvalue weighted by atomic mass is 9.70. The molecule has 2 aliphatic rings. The van der Waals surface area contributed by atoms with Crippen molar-refractivity contribution in [2.75, 3.05) is 4.90 Å². The molecule has 0 atom stereocenters. The van der Waals surface area contributed by atoms with Gasteiger partial charge in [0.1, 0.15) is 11.2 Å². The maximum atomic E-state index is 6.43. The van der Waals surface area contributed by atoms with Gasteiger partial charge in [-0.3, -0.25) is 0 Å². The van der Waals surface area contributed by atoms with Crippen LogP contribution in [0.2, 0.25) is 0 Å². The SMILES string of the molecule is c1ccc(N(c2ccc3c(c2)C2(c4ccccc4-c4ccccc42)c2ccccc2-3)c2cccc3c4ccc5oc6ccccc6c5c4c4ccccc4c23)cc1. The van der Waals surface area contributed by atoms with Gasteiger partial charge in [-0.2, -0.15) is 0 Å². The zero-order chi connectivity index (χ0) is 37.2. The summed E-state index contributed by atoms with van der Waals surface area (Å²) in [5, 5.41) is 9.67. The predicted octanol–water partition coefficient (Wildman–Crippen LogP) is 14.9. The highest BCUT2D eigenvalue weighted by Crippen LogP contribution is 2.63. The first kappa shape index (κ1) is 30.9. The Labute approximate surface area is 329 Å². The third-order valence-corrected chi connectivity index (χ3v) is 12.8. The van der Waals surface area contributed by atoms with E-state index >= 15 is 0 Å². The number of rotatable bonds is 3. The van der Waals surface area contributed by atoms with E-state index in [9.17, 15) is 0 Å². The average molecular weight is 724 g/mol. The number of nitrogens with zero attached hydrogens (tertiary/aromatic N) is 1. The van der Waals surface area contributed by atoms with Crippen LogP contribution in [-0.2, 0) is 5.41 Å². The number of furan rings is 1. The van der Waals surface area contributed by atoms with Gasteiger partial charge in [0.25, 0.3) is 0 Å². The second-order valence-corrected chi connectivity index (χ2v) is 15.5. The summed E-state index contributed by atoms with van der Waals surface area (Å²) in [4.78, 5) is 2.48. The summed E-state index contributed by atoms with van der Waals surface area (Å²) < 4.78 is 6.43. The molecule has 0 N–H and O–H groups in total. The van der Waals surface area contributed by atoms with Gasteiger partial charge in [-0.15, -0.1) is 0 Å². The van der Waals surface area contributed by atoms with Crippen molar-refractivity contribution >= 4 is 71.3 Å². The van der Waals surface area contributed by atoms with Gasteiger partial charge >= 0.3 is 0 Å². The zero-order valence-electron chi connectivity index (χ0n) is 30.9. The maximum Gasteiger partial charge on any atom is 0.136 e. The fraction of sp³-hybridized carbons (Fsp3) is 0.0182. The topological polar surface area (TPSA) is 16.4 Å². The van der Waals surface area contributed by atoms with E-state index < -0.39 is 5.41 Å². The second-order valence-electron chi connectivity index (χ2n) is 15.5. The molecule has 0 aliphatic heterocycles. The Morgan fingerprint density at radius 2 is 0.842 bits per heavy atom. The largest absolute Gasteiger partial charge is 0.456 e. The minimum atomic E-state index is -0.433. The van der Waals surface area contributed by atoms with E-state index in [4.69, 9.17) is 4.42 Å². The van der Waals surface area contributed by atoms with Crippen molar-refractivity contribution in [1.29, 1.82) is 0 Å². The summed E-state index contributed by atoms with van der Waals surface area (Å²) in [7, 11) is 0. The predicted molar refractivity (Wildman–Crippen MR) is 237 cm³/mol. The first-order chi connectivity index (χ1) is 28.3. The van der Waals surface area contributed by atoms with Crippen molar-refractivity contribution in [3.8, 4) is 22.3 Å². The van der Waals surface area contributed by atoms with Gasteiger partial charge in [0.05, 0.1) is 11.1 Å². The van der Waals surface area contributed by atoms with Gasteiger partial charge in [-0.05, 0) is 115 Å². The van der Waals surface area contributed by atoms with Crippen molar-refractivity contribution in [3.63, 3.8) is 0 Å². The first-order valence-electron chi connectivity index (χ1n) is 19.8. The Morgan fingerprint density at radius 3 is 1.53 bits per heavy atom. The summed E-state index contributed by atoms with van der Waals surface area (Å²) >= 11 is 0. The van der Waals surface area contributed by atoms with Crippen molar-refractivity contribution in [2.24, 2.45) is 0 Å². The van der Waals surface area contributed by atoms with Crippen molar-refractivity contribution in [3.05, 3.63) is 222 Å². The Bertz CT molecular complexity index is 3390. The molecular weight excluding hydrogens is 691 g/mol. The molecule has 0 amide bonds. The lowest BCUT2D eigenvalue weighted by Gasteiger charge is -2.32. The molecule has 57 heavy (non-hydrogen) atoms. The molecule has 0 radical (unpaired) electrons. The van der Waals surface area contributed by atoms with Gasteiger partial charge in [-0.1, -0.05) is 152 Å². The Balaban J connectivity index is 1.13. The third kappa shape index (κ3) is 3.94. The van der Waals surface area contributed by atoms with Crippen molar-refractivity contribution < 1.29 is 4.42 Å². The molecular formula is C55H33NO. The fourth-order valence-electron chi connectivity index (χ4n) is 10.7. The molecule has 0 fully saturated rings. The molecule has 13 rings (SSSR count). The molecule has 0 bridgehead atoms. The van der Waals surface area contributed by atoms with E-state index in [1.807, 2.05) is 0 Å². The van der Waals surface area contributed by atoms with E-state index in [2.05, 4.69) is 205 Å². The second kappa shape index (κ2) is 11.3. The Hall–Kier alpha value is -7.42. The monoisotopic (exact) mass is 723 g/mol. The molecule has 0 unspecified atom stereocenters. The highest BCUT2D eigenvalue weighted by Gasteiger charge is 2.51. The molecule has 2 aliphatic carbocycles. The van der Waals surface area contributed by atoms with Crippen molar-refractivity contribution in [2.45, 2.75) is 5.41 Å². The number of para-hydroxylation sites is 2. The van der Waals surface area contributed by atoms with Crippen LogP contribution in [0.5, 0.6) is 0 Å². The van der Waals surface area contributed by atoms with Gasteiger partial charge in [0.2, 0.25) is 0 Å². The lowest BCUT2D eigenvalue weighted by Crippen LogP contribution is -2.26.